The highest BCUT2D eigenvalue weighted by Crippen LogP contribution is 2.26. The lowest BCUT2D eigenvalue weighted by atomic mass is 10.00. The van der Waals surface area contributed by atoms with Crippen LogP contribution in [0.25, 0.3) is 16.7 Å². The number of urea groups is 1. The van der Waals surface area contributed by atoms with Gasteiger partial charge in [-0.05, 0) is 29.8 Å². The normalized spacial score (nSPS) is 13.9. The van der Waals surface area contributed by atoms with Crippen LogP contribution in [0, 0.1) is 0 Å². The van der Waals surface area contributed by atoms with Crippen molar-refractivity contribution in [2.24, 2.45) is 0 Å². The van der Waals surface area contributed by atoms with Crippen LogP contribution in [-0.4, -0.2) is 43.8 Å². The molecule has 0 bridgehead atoms. The molecule has 0 aliphatic carbocycles. The van der Waals surface area contributed by atoms with Gasteiger partial charge in [0.2, 0.25) is 0 Å². The maximum Gasteiger partial charge on any atom is 0.317 e. The Labute approximate surface area is 192 Å². The van der Waals surface area contributed by atoms with Crippen molar-refractivity contribution in [3.8, 4) is 5.69 Å². The van der Waals surface area contributed by atoms with E-state index < -0.39 is 0 Å². The molecule has 8 nitrogen and oxygen atoms in total. The number of hydrogen-bond acceptors (Lipinski definition) is 4. The lowest BCUT2D eigenvalue weighted by molar-refractivity contribution is 0.148. The van der Waals surface area contributed by atoms with Gasteiger partial charge in [0.15, 0.2) is 5.65 Å². The molecule has 2 N–H and O–H groups in total. The number of aromatic nitrogens is 4. The van der Waals surface area contributed by atoms with E-state index in [-0.39, 0.29) is 17.5 Å². The number of benzene rings is 2. The number of hydrogen-bond donors (Lipinski definition) is 2. The predicted molar refractivity (Wildman–Crippen MR) is 122 cm³/mol. The fourth-order valence-electron chi connectivity index (χ4n) is 3.64. The summed E-state index contributed by atoms with van der Waals surface area (Å²) >= 11 is 11.9. The molecule has 2 aromatic carbocycles. The molecule has 1 aliphatic heterocycles. The smallest absolute Gasteiger partial charge is 0.317 e. The van der Waals surface area contributed by atoms with Gasteiger partial charge >= 0.3 is 6.03 Å². The van der Waals surface area contributed by atoms with Crippen molar-refractivity contribution in [3.05, 3.63) is 86.5 Å². The molecule has 5 rings (SSSR count). The molecule has 0 unspecified atom stereocenters. The van der Waals surface area contributed by atoms with Crippen molar-refractivity contribution in [1.29, 1.82) is 0 Å². The summed E-state index contributed by atoms with van der Waals surface area (Å²) in [5.74, 6) is 0.496. The number of nitrogens with one attached hydrogen (secondary N) is 2. The highest BCUT2D eigenvalue weighted by Gasteiger charge is 2.34. The Balaban J connectivity index is 1.28. The second-order valence-electron chi connectivity index (χ2n) is 7.59. The number of likely N-dealkylation sites (tertiary alicyclic amines) is 1. The van der Waals surface area contributed by atoms with E-state index in [1.54, 1.807) is 21.7 Å². The van der Waals surface area contributed by atoms with Crippen molar-refractivity contribution in [3.63, 3.8) is 0 Å². The topological polar surface area (TPSA) is 95.9 Å². The number of nitrogens with zero attached hydrogens (tertiary/aromatic N) is 4. The lowest BCUT2D eigenvalue weighted by Crippen LogP contribution is -2.53. The van der Waals surface area contributed by atoms with Gasteiger partial charge in [-0.3, -0.25) is 4.79 Å². The van der Waals surface area contributed by atoms with E-state index in [2.05, 4.69) is 20.4 Å². The fraction of sp³-hybridized carbons (Fsp3) is 0.182. The minimum absolute atomic E-state index is 0.0538. The van der Waals surface area contributed by atoms with E-state index in [9.17, 15) is 9.59 Å². The largest absolute Gasteiger partial charge is 0.334 e. The molecule has 3 heterocycles. The average molecular weight is 469 g/mol. The molecule has 0 radical (unpaired) electrons. The van der Waals surface area contributed by atoms with Gasteiger partial charge in [-0.2, -0.15) is 5.10 Å². The second-order valence-corrected chi connectivity index (χ2v) is 8.40. The van der Waals surface area contributed by atoms with E-state index in [1.165, 1.54) is 6.20 Å². The van der Waals surface area contributed by atoms with E-state index >= 15 is 0 Å². The van der Waals surface area contributed by atoms with Gasteiger partial charge in [0.1, 0.15) is 11.2 Å². The van der Waals surface area contributed by atoms with Gasteiger partial charge in [0.05, 0.1) is 27.8 Å². The van der Waals surface area contributed by atoms with Crippen LogP contribution in [0.5, 0.6) is 0 Å². The van der Waals surface area contributed by atoms with Gasteiger partial charge in [-0.1, -0.05) is 47.5 Å². The quantitative estimate of drug-likeness (QED) is 0.476. The van der Waals surface area contributed by atoms with Crippen LogP contribution >= 0.6 is 23.2 Å². The number of rotatable bonds is 4. The number of amides is 2. The zero-order chi connectivity index (χ0) is 22.2. The van der Waals surface area contributed by atoms with Crippen LogP contribution in [-0.2, 0) is 6.54 Å². The minimum Gasteiger partial charge on any atom is -0.334 e. The molecule has 2 aromatic heterocycles. The van der Waals surface area contributed by atoms with E-state index in [0.29, 0.717) is 46.5 Å². The molecule has 0 spiro atoms. The number of fused-ring (bicyclic) bond motifs is 1. The molecule has 0 atom stereocenters. The van der Waals surface area contributed by atoms with Crippen molar-refractivity contribution in [2.75, 3.05) is 13.1 Å². The Kier molecular flexibility index (Phi) is 5.32. The maximum atomic E-state index is 12.6. The van der Waals surface area contributed by atoms with Crippen molar-refractivity contribution >= 4 is 40.3 Å². The fourth-order valence-corrected chi connectivity index (χ4v) is 3.96. The highest BCUT2D eigenvalue weighted by atomic mass is 35.5. The maximum absolute atomic E-state index is 12.6. The molecule has 4 aromatic rings. The standard InChI is InChI=1S/C22H18Cl2N6O2/c23-17-7-6-13(8-18(17)24)9-25-22(32)29-11-14(12-29)19-27-20-16(21(31)28-19)10-26-30(20)15-4-2-1-3-5-15/h1-8,10,14H,9,11-12H2,(H,25,32)(H,27,28,31). The van der Waals surface area contributed by atoms with E-state index in [1.807, 2.05) is 36.4 Å². The number of aromatic amines is 1. The zero-order valence-corrected chi connectivity index (χ0v) is 18.3. The van der Waals surface area contributed by atoms with Gasteiger partial charge in [0, 0.05) is 19.6 Å². The highest BCUT2D eigenvalue weighted by molar-refractivity contribution is 6.42. The van der Waals surface area contributed by atoms with Crippen LogP contribution in [0.2, 0.25) is 10.0 Å². The predicted octanol–water partition coefficient (Wildman–Crippen LogP) is 3.72. The Morgan fingerprint density at radius 3 is 2.66 bits per heavy atom. The Morgan fingerprint density at radius 2 is 1.91 bits per heavy atom. The van der Waals surface area contributed by atoms with Crippen LogP contribution < -0.4 is 10.9 Å². The summed E-state index contributed by atoms with van der Waals surface area (Å²) in [5.41, 5.74) is 1.94. The number of H-pyrrole nitrogens is 1. The number of halogens is 2. The molecular formula is C22H18Cl2N6O2. The van der Waals surface area contributed by atoms with E-state index in [0.717, 1.165) is 11.3 Å². The summed E-state index contributed by atoms with van der Waals surface area (Å²) in [6.45, 7) is 1.26. The van der Waals surface area contributed by atoms with Crippen LogP contribution in [0.1, 0.15) is 17.3 Å². The average Bonchev–Trinajstić information content (AvgIpc) is 3.19. The van der Waals surface area contributed by atoms with Crippen LogP contribution in [0.15, 0.2) is 59.5 Å². The number of carbonyl (C=O) groups is 1. The van der Waals surface area contributed by atoms with E-state index in [4.69, 9.17) is 23.2 Å². The summed E-state index contributed by atoms with van der Waals surface area (Å²) < 4.78 is 1.65. The minimum atomic E-state index is -0.241. The molecule has 1 aliphatic rings. The summed E-state index contributed by atoms with van der Waals surface area (Å²) in [7, 11) is 0. The van der Waals surface area contributed by atoms with Crippen molar-refractivity contribution in [1.82, 2.24) is 30.0 Å². The van der Waals surface area contributed by atoms with Crippen LogP contribution in [0.3, 0.4) is 0 Å². The van der Waals surface area contributed by atoms with Gasteiger partial charge < -0.3 is 15.2 Å². The second kappa shape index (κ2) is 8.29. The molecule has 10 heteroatoms. The summed E-state index contributed by atoms with van der Waals surface area (Å²) in [6, 6.07) is 14.6. The summed E-state index contributed by atoms with van der Waals surface area (Å²) in [6.07, 6.45) is 1.52. The third kappa shape index (κ3) is 3.83. The van der Waals surface area contributed by atoms with Crippen molar-refractivity contribution < 1.29 is 4.79 Å². The first kappa shape index (κ1) is 20.5. The summed E-state index contributed by atoms with van der Waals surface area (Å²) in [4.78, 5) is 34.2. The number of carbonyl (C=O) groups excluding carboxylic acids is 1. The summed E-state index contributed by atoms with van der Waals surface area (Å²) in [5, 5.41) is 8.53. The van der Waals surface area contributed by atoms with Gasteiger partial charge in [-0.15, -0.1) is 0 Å². The molecule has 162 valence electrons. The lowest BCUT2D eigenvalue weighted by Gasteiger charge is -2.38. The molecule has 0 saturated carbocycles. The molecule has 1 saturated heterocycles. The first-order valence-corrected chi connectivity index (χ1v) is 10.8. The van der Waals surface area contributed by atoms with Gasteiger partial charge in [0.25, 0.3) is 5.56 Å². The first-order valence-electron chi connectivity index (χ1n) is 9.99. The third-order valence-corrected chi connectivity index (χ3v) is 6.18. The molecule has 1 fully saturated rings. The molecular weight excluding hydrogens is 451 g/mol. The van der Waals surface area contributed by atoms with Gasteiger partial charge in [-0.25, -0.2) is 14.5 Å². The van der Waals surface area contributed by atoms with Crippen LogP contribution in [0.4, 0.5) is 4.79 Å². The Hall–Kier alpha value is -3.36. The monoisotopic (exact) mass is 468 g/mol. The first-order chi connectivity index (χ1) is 15.5. The Bertz CT molecular complexity index is 1360. The van der Waals surface area contributed by atoms with Crippen molar-refractivity contribution in [2.45, 2.75) is 12.5 Å². The number of para-hydroxylation sites is 1. The molecule has 32 heavy (non-hydrogen) atoms. The third-order valence-electron chi connectivity index (χ3n) is 5.44. The zero-order valence-electron chi connectivity index (χ0n) is 16.8. The Morgan fingerprint density at radius 1 is 1.12 bits per heavy atom. The molecule has 2 amide bonds. The SMILES string of the molecule is O=C(NCc1ccc(Cl)c(Cl)c1)N1CC(c2nc3c(cnn3-c3ccccc3)c(=O)[nH]2)C1.